The normalized spacial score (nSPS) is 17.3. The van der Waals surface area contributed by atoms with Gasteiger partial charge >= 0.3 is 0 Å². The number of halogens is 1. The van der Waals surface area contributed by atoms with E-state index < -0.39 is 23.0 Å². The van der Waals surface area contributed by atoms with Crippen LogP contribution in [0.15, 0.2) is 30.3 Å². The Morgan fingerprint density at radius 2 is 1.97 bits per heavy atom. The molecule has 1 aliphatic rings. The number of fused-ring (bicyclic) bond motifs is 1. The van der Waals surface area contributed by atoms with Crippen molar-refractivity contribution in [1.29, 1.82) is 0 Å². The fourth-order valence-electron chi connectivity index (χ4n) is 3.48. The van der Waals surface area contributed by atoms with Crippen molar-refractivity contribution >= 4 is 29.2 Å². The van der Waals surface area contributed by atoms with Gasteiger partial charge < -0.3 is 16.8 Å². The number of nitrogens with zero attached hydrogens (tertiary/aromatic N) is 4. The number of amides is 2. The first-order valence-electron chi connectivity index (χ1n) is 9.24. The molecule has 0 spiro atoms. The van der Waals surface area contributed by atoms with Gasteiger partial charge in [0, 0.05) is 12.5 Å². The second-order valence-corrected chi connectivity index (χ2v) is 7.32. The molecule has 1 aromatic carbocycles. The van der Waals surface area contributed by atoms with Crippen molar-refractivity contribution < 1.29 is 18.8 Å². The Hall–Kier alpha value is -4.15. The quantitative estimate of drug-likeness (QED) is 0.408. The van der Waals surface area contributed by atoms with Crippen LogP contribution in [0.25, 0.3) is 11.5 Å². The summed E-state index contributed by atoms with van der Waals surface area (Å²) in [5, 5.41) is 6.83. The number of nitrogens with two attached hydrogens (primary N) is 2. The van der Waals surface area contributed by atoms with E-state index in [9.17, 15) is 18.8 Å². The Bertz CT molecular complexity index is 1270. The zero-order valence-electron chi connectivity index (χ0n) is 16.6. The Labute approximate surface area is 175 Å². The van der Waals surface area contributed by atoms with E-state index in [1.54, 1.807) is 18.2 Å². The highest BCUT2D eigenvalue weighted by atomic mass is 19.1. The zero-order chi connectivity index (χ0) is 22.5. The molecule has 0 fully saturated rings. The third-order valence-electron chi connectivity index (χ3n) is 5.26. The van der Waals surface area contributed by atoms with Gasteiger partial charge in [0.05, 0.1) is 12.1 Å². The largest absolute Gasteiger partial charge is 0.383 e. The molecule has 0 bridgehead atoms. The smallest absolute Gasteiger partial charge is 0.245 e. The standard InChI is InChI=1S/C20H18FN7O3/c1-9(29)13-7-12(27-28(13)8-10-5-3-4-6-11(10)21)16-24-15(22)14-17(25-16)26-19(31)20(14,2)18(23)30/h3-7H,8H2,1-2H3,(H2,23,30)(H3,22,24,25,26,31). The van der Waals surface area contributed by atoms with Crippen LogP contribution >= 0.6 is 0 Å². The molecule has 10 nitrogen and oxygen atoms in total. The number of anilines is 2. The topological polar surface area (TPSA) is 159 Å². The van der Waals surface area contributed by atoms with Crippen LogP contribution in [0.3, 0.4) is 0 Å². The van der Waals surface area contributed by atoms with Crippen LogP contribution in [0.1, 0.15) is 35.5 Å². The molecule has 5 N–H and O–H groups in total. The Morgan fingerprint density at radius 1 is 1.26 bits per heavy atom. The lowest BCUT2D eigenvalue weighted by atomic mass is 9.84. The van der Waals surface area contributed by atoms with Gasteiger partial charge in [0.15, 0.2) is 17.0 Å². The van der Waals surface area contributed by atoms with Gasteiger partial charge in [0.2, 0.25) is 11.8 Å². The molecule has 1 aliphatic heterocycles. The molecule has 0 saturated heterocycles. The molecule has 3 heterocycles. The number of ketones is 1. The predicted octanol–water partition coefficient (Wildman–Crippen LogP) is 1.01. The number of aromatic nitrogens is 4. The first kappa shape index (κ1) is 20.1. The van der Waals surface area contributed by atoms with Crippen molar-refractivity contribution in [2.45, 2.75) is 25.8 Å². The average Bonchev–Trinajstić information content (AvgIpc) is 3.23. The molecular formula is C20H18FN7O3. The van der Waals surface area contributed by atoms with Crippen LogP contribution in [0.4, 0.5) is 16.0 Å². The summed E-state index contributed by atoms with van der Waals surface area (Å²) < 4.78 is 15.4. The summed E-state index contributed by atoms with van der Waals surface area (Å²) >= 11 is 0. The van der Waals surface area contributed by atoms with Crippen LogP contribution in [0, 0.1) is 5.82 Å². The van der Waals surface area contributed by atoms with Crippen molar-refractivity contribution in [1.82, 2.24) is 19.7 Å². The lowest BCUT2D eigenvalue weighted by molar-refractivity contribution is -0.131. The van der Waals surface area contributed by atoms with Gasteiger partial charge in [-0.25, -0.2) is 14.4 Å². The molecule has 31 heavy (non-hydrogen) atoms. The van der Waals surface area contributed by atoms with Crippen LogP contribution < -0.4 is 16.8 Å². The summed E-state index contributed by atoms with van der Waals surface area (Å²) in [7, 11) is 0. The number of hydrogen-bond acceptors (Lipinski definition) is 7. The molecule has 4 rings (SSSR count). The Morgan fingerprint density at radius 3 is 2.61 bits per heavy atom. The summed E-state index contributed by atoms with van der Waals surface area (Å²) in [5.41, 5.74) is 10.6. The van der Waals surface area contributed by atoms with Gasteiger partial charge in [-0.1, -0.05) is 18.2 Å². The average molecular weight is 423 g/mol. The van der Waals surface area contributed by atoms with Crippen molar-refractivity contribution in [2.24, 2.45) is 5.73 Å². The maximum atomic E-state index is 14.1. The number of Topliss-reactive ketones (excluding diaryl/α,β-unsaturated/α-hetero) is 1. The minimum atomic E-state index is -1.70. The van der Waals surface area contributed by atoms with Crippen molar-refractivity contribution in [2.75, 3.05) is 11.1 Å². The molecule has 2 amide bonds. The van der Waals surface area contributed by atoms with E-state index in [2.05, 4.69) is 20.4 Å². The number of benzene rings is 1. The molecule has 1 atom stereocenters. The molecule has 158 valence electrons. The summed E-state index contributed by atoms with van der Waals surface area (Å²) in [6.07, 6.45) is 0. The highest BCUT2D eigenvalue weighted by Gasteiger charge is 2.51. The minimum absolute atomic E-state index is 0.0124. The second-order valence-electron chi connectivity index (χ2n) is 7.32. The van der Waals surface area contributed by atoms with Gasteiger partial charge in [-0.2, -0.15) is 5.10 Å². The number of nitrogens with one attached hydrogen (secondary N) is 1. The van der Waals surface area contributed by atoms with E-state index in [1.165, 1.54) is 30.7 Å². The molecule has 1 unspecified atom stereocenters. The fraction of sp³-hybridized carbons (Fsp3) is 0.200. The van der Waals surface area contributed by atoms with E-state index in [-0.39, 0.29) is 46.7 Å². The SMILES string of the molecule is CC(=O)c1cc(-c2nc(N)c3c(n2)NC(=O)C3(C)C(N)=O)nn1Cc1ccccc1F. The van der Waals surface area contributed by atoms with Gasteiger partial charge in [0.1, 0.15) is 28.8 Å². The highest BCUT2D eigenvalue weighted by Crippen LogP contribution is 2.40. The van der Waals surface area contributed by atoms with E-state index in [0.717, 1.165) is 0 Å². The van der Waals surface area contributed by atoms with Gasteiger partial charge in [0.25, 0.3) is 0 Å². The minimum Gasteiger partial charge on any atom is -0.383 e. The maximum Gasteiger partial charge on any atom is 0.245 e. The number of carbonyl (C=O) groups is 3. The van der Waals surface area contributed by atoms with E-state index in [1.807, 2.05) is 0 Å². The van der Waals surface area contributed by atoms with Gasteiger partial charge in [-0.15, -0.1) is 0 Å². The Balaban J connectivity index is 1.80. The number of hydrogen-bond donors (Lipinski definition) is 3. The van der Waals surface area contributed by atoms with Crippen molar-refractivity contribution in [3.05, 3.63) is 53.0 Å². The molecular weight excluding hydrogens is 405 g/mol. The van der Waals surface area contributed by atoms with Gasteiger partial charge in [-0.05, 0) is 19.1 Å². The number of nitrogen functional groups attached to an aromatic ring is 1. The van der Waals surface area contributed by atoms with E-state index in [4.69, 9.17) is 11.5 Å². The third-order valence-corrected chi connectivity index (χ3v) is 5.26. The van der Waals surface area contributed by atoms with Crippen LogP contribution in [0.2, 0.25) is 0 Å². The number of rotatable bonds is 5. The molecule has 11 heteroatoms. The molecule has 3 aromatic rings. The van der Waals surface area contributed by atoms with E-state index in [0.29, 0.717) is 5.56 Å². The summed E-state index contributed by atoms with van der Waals surface area (Å²) in [6, 6.07) is 7.60. The monoisotopic (exact) mass is 423 g/mol. The first-order valence-corrected chi connectivity index (χ1v) is 9.24. The first-order chi connectivity index (χ1) is 14.6. The van der Waals surface area contributed by atoms with Crippen molar-refractivity contribution in [3.63, 3.8) is 0 Å². The Kier molecular flexibility index (Phi) is 4.53. The predicted molar refractivity (Wildman–Crippen MR) is 108 cm³/mol. The van der Waals surface area contributed by atoms with E-state index >= 15 is 0 Å². The summed E-state index contributed by atoms with van der Waals surface area (Å²) in [4.78, 5) is 44.8. The maximum absolute atomic E-state index is 14.1. The summed E-state index contributed by atoms with van der Waals surface area (Å²) in [5.74, 6) is -2.32. The lowest BCUT2D eigenvalue weighted by Gasteiger charge is -2.18. The van der Waals surface area contributed by atoms with Crippen molar-refractivity contribution in [3.8, 4) is 11.5 Å². The highest BCUT2D eigenvalue weighted by molar-refractivity contribution is 6.20. The summed E-state index contributed by atoms with van der Waals surface area (Å²) in [6.45, 7) is 2.71. The van der Waals surface area contributed by atoms with Crippen LogP contribution in [-0.4, -0.2) is 37.3 Å². The fourth-order valence-corrected chi connectivity index (χ4v) is 3.48. The molecule has 0 saturated carbocycles. The molecule has 0 aliphatic carbocycles. The molecule has 2 aromatic heterocycles. The van der Waals surface area contributed by atoms with Crippen LogP contribution in [0.5, 0.6) is 0 Å². The molecule has 0 radical (unpaired) electrons. The lowest BCUT2D eigenvalue weighted by Crippen LogP contribution is -2.44. The third kappa shape index (κ3) is 3.10. The number of carbonyl (C=O) groups excluding carboxylic acids is 3. The zero-order valence-corrected chi connectivity index (χ0v) is 16.6. The second kappa shape index (κ2) is 6.97. The van der Waals surface area contributed by atoms with Gasteiger partial charge in [-0.3, -0.25) is 19.1 Å². The number of primary amides is 1. The van der Waals surface area contributed by atoms with Crippen LogP contribution in [-0.2, 0) is 21.5 Å².